The van der Waals surface area contributed by atoms with E-state index in [4.69, 9.17) is 4.74 Å². The van der Waals surface area contributed by atoms with Gasteiger partial charge in [0.05, 0.1) is 23.9 Å². The van der Waals surface area contributed by atoms with Crippen LogP contribution in [0.15, 0.2) is 54.7 Å². The molecule has 4 rings (SSSR count). The second-order valence-electron chi connectivity index (χ2n) is 6.79. The Labute approximate surface area is 166 Å². The average molecular weight is 391 g/mol. The number of nitrogens with one attached hydrogen (secondary N) is 1. The van der Waals surface area contributed by atoms with Gasteiger partial charge in [-0.15, -0.1) is 0 Å². The van der Waals surface area contributed by atoms with E-state index in [0.717, 1.165) is 5.56 Å². The number of aromatic nitrogens is 2. The molecule has 2 aromatic carbocycles. The van der Waals surface area contributed by atoms with Crippen LogP contribution in [0.5, 0.6) is 5.75 Å². The molecule has 29 heavy (non-hydrogen) atoms. The van der Waals surface area contributed by atoms with Crippen molar-refractivity contribution in [2.45, 2.75) is 18.8 Å². The highest BCUT2D eigenvalue weighted by molar-refractivity contribution is 6.05. The molecular weight excluding hydrogens is 373 g/mol. The van der Waals surface area contributed by atoms with Gasteiger partial charge in [-0.1, -0.05) is 24.3 Å². The molecule has 1 aliphatic rings. The number of halogens is 1. The molecule has 1 aliphatic carbocycles. The number of methoxy groups -OCH3 is 1. The largest absolute Gasteiger partial charge is 0.496 e. The maximum atomic E-state index is 13.2. The first-order valence-corrected chi connectivity index (χ1v) is 9.14. The Morgan fingerprint density at radius 2 is 1.90 bits per heavy atom. The zero-order chi connectivity index (χ0) is 20.4. The Morgan fingerprint density at radius 3 is 2.66 bits per heavy atom. The normalized spacial score (nSPS) is 15.5. The van der Waals surface area contributed by atoms with Gasteiger partial charge in [0.25, 0.3) is 5.91 Å². The van der Waals surface area contributed by atoms with Gasteiger partial charge in [-0.25, -0.2) is 14.4 Å². The maximum absolute atomic E-state index is 13.2. The highest BCUT2D eigenvalue weighted by atomic mass is 19.1. The van der Waals surface area contributed by atoms with E-state index in [2.05, 4.69) is 15.3 Å². The number of hydrogen-bond donors (Lipinski definition) is 1. The minimum absolute atomic E-state index is 0.0665. The number of rotatable bonds is 4. The molecule has 0 fully saturated rings. The molecule has 1 N–H and O–H groups in total. The number of ether oxygens (including phenoxy) is 1. The van der Waals surface area contributed by atoms with Crippen LogP contribution in [-0.4, -0.2) is 28.8 Å². The minimum Gasteiger partial charge on any atom is -0.496 e. The highest BCUT2D eigenvalue weighted by Crippen LogP contribution is 2.32. The second-order valence-corrected chi connectivity index (χ2v) is 6.79. The van der Waals surface area contributed by atoms with Gasteiger partial charge < -0.3 is 4.74 Å². The summed E-state index contributed by atoms with van der Waals surface area (Å²) >= 11 is 0. The predicted molar refractivity (Wildman–Crippen MR) is 105 cm³/mol. The number of ketones is 1. The molecule has 0 radical (unpaired) electrons. The fraction of sp³-hybridized carbons (Fsp3) is 0.182. The van der Waals surface area contributed by atoms with Crippen molar-refractivity contribution in [2.75, 3.05) is 12.4 Å². The Morgan fingerprint density at radius 1 is 1.14 bits per heavy atom. The van der Waals surface area contributed by atoms with Gasteiger partial charge in [0.1, 0.15) is 11.6 Å². The van der Waals surface area contributed by atoms with Crippen molar-refractivity contribution in [2.24, 2.45) is 0 Å². The molecule has 0 saturated carbocycles. The average Bonchev–Trinajstić information content (AvgIpc) is 2.74. The van der Waals surface area contributed by atoms with Gasteiger partial charge in [0.15, 0.2) is 5.78 Å². The third kappa shape index (κ3) is 3.85. The van der Waals surface area contributed by atoms with Crippen LogP contribution >= 0.6 is 0 Å². The highest BCUT2D eigenvalue weighted by Gasteiger charge is 2.28. The zero-order valence-corrected chi connectivity index (χ0v) is 15.7. The summed E-state index contributed by atoms with van der Waals surface area (Å²) in [5, 5.41) is 2.66. The lowest BCUT2D eigenvalue weighted by molar-refractivity contribution is 0.0962. The van der Waals surface area contributed by atoms with E-state index in [1.165, 1.54) is 25.4 Å². The van der Waals surface area contributed by atoms with E-state index < -0.39 is 5.91 Å². The summed E-state index contributed by atoms with van der Waals surface area (Å²) < 4.78 is 18.4. The summed E-state index contributed by atoms with van der Waals surface area (Å²) in [6, 6.07) is 13.0. The van der Waals surface area contributed by atoms with Crippen molar-refractivity contribution in [3.05, 3.63) is 82.9 Å². The van der Waals surface area contributed by atoms with Crippen molar-refractivity contribution in [3.8, 4) is 5.75 Å². The van der Waals surface area contributed by atoms with E-state index in [-0.39, 0.29) is 23.5 Å². The van der Waals surface area contributed by atoms with E-state index in [1.807, 2.05) is 0 Å². The summed E-state index contributed by atoms with van der Waals surface area (Å²) in [4.78, 5) is 33.6. The van der Waals surface area contributed by atoms with Crippen LogP contribution in [0.1, 0.15) is 44.3 Å². The van der Waals surface area contributed by atoms with E-state index in [9.17, 15) is 14.0 Å². The maximum Gasteiger partial charge on any atom is 0.261 e. The molecule has 3 aromatic rings. The molecule has 6 nitrogen and oxygen atoms in total. The van der Waals surface area contributed by atoms with Gasteiger partial charge in [-0.05, 0) is 42.2 Å². The van der Waals surface area contributed by atoms with Crippen LogP contribution in [-0.2, 0) is 6.42 Å². The summed E-state index contributed by atoms with van der Waals surface area (Å²) in [6.07, 6.45) is 2.27. The molecule has 0 saturated heterocycles. The summed E-state index contributed by atoms with van der Waals surface area (Å²) in [5.74, 6) is -0.326. The topological polar surface area (TPSA) is 81.2 Å². The third-order valence-electron chi connectivity index (χ3n) is 4.96. The quantitative estimate of drug-likeness (QED) is 0.732. The van der Waals surface area contributed by atoms with E-state index in [1.54, 1.807) is 36.4 Å². The third-order valence-corrected chi connectivity index (χ3v) is 4.96. The Hall–Kier alpha value is -3.61. The van der Waals surface area contributed by atoms with Crippen LogP contribution < -0.4 is 10.1 Å². The predicted octanol–water partition coefficient (Wildman–Crippen LogP) is 3.79. The van der Waals surface area contributed by atoms with Crippen LogP contribution in [0.2, 0.25) is 0 Å². The van der Waals surface area contributed by atoms with Gasteiger partial charge in [-0.2, -0.15) is 0 Å². The molecule has 1 heterocycles. The molecule has 1 unspecified atom stereocenters. The van der Waals surface area contributed by atoms with Gasteiger partial charge in [0, 0.05) is 12.6 Å². The molecule has 0 aliphatic heterocycles. The van der Waals surface area contributed by atoms with Crippen molar-refractivity contribution in [1.29, 1.82) is 0 Å². The number of carbonyl (C=O) groups is 2. The number of Topliss-reactive ketones (excluding diaryl/α,β-unsaturated/α-hetero) is 1. The molecule has 7 heteroatoms. The number of anilines is 1. The van der Waals surface area contributed by atoms with Crippen molar-refractivity contribution >= 4 is 17.6 Å². The smallest absolute Gasteiger partial charge is 0.261 e. The molecule has 146 valence electrons. The minimum atomic E-state index is -0.403. The first-order chi connectivity index (χ1) is 14.0. The first kappa shape index (κ1) is 18.7. The summed E-state index contributed by atoms with van der Waals surface area (Å²) in [5.41, 5.74) is 2.26. The van der Waals surface area contributed by atoms with Gasteiger partial charge in [0.2, 0.25) is 5.95 Å². The van der Waals surface area contributed by atoms with Gasteiger partial charge in [-0.3, -0.25) is 14.9 Å². The Balaban J connectivity index is 1.58. The number of hydrogen-bond acceptors (Lipinski definition) is 5. The Bertz CT molecular complexity index is 1080. The van der Waals surface area contributed by atoms with Crippen molar-refractivity contribution in [1.82, 2.24) is 9.97 Å². The SMILES string of the molecule is COc1ccccc1C(=O)Nc1ncc2c(n1)CC(c1ccc(F)cc1)CC2=O. The molecule has 1 amide bonds. The fourth-order valence-electron chi connectivity index (χ4n) is 3.48. The molecule has 0 spiro atoms. The standard InChI is InChI=1S/C22H18FN3O3/c1-29-20-5-3-2-4-16(20)21(28)26-22-24-12-17-18(25-22)10-14(11-19(17)27)13-6-8-15(23)9-7-13/h2-9,12,14H,10-11H2,1H3,(H,24,25,26,28). The lowest BCUT2D eigenvalue weighted by atomic mass is 9.82. The van der Waals surface area contributed by atoms with E-state index in [0.29, 0.717) is 35.4 Å². The van der Waals surface area contributed by atoms with Gasteiger partial charge >= 0.3 is 0 Å². The van der Waals surface area contributed by atoms with Crippen molar-refractivity contribution in [3.63, 3.8) is 0 Å². The number of fused-ring (bicyclic) bond motifs is 1. The lowest BCUT2D eigenvalue weighted by Crippen LogP contribution is -2.22. The zero-order valence-electron chi connectivity index (χ0n) is 15.7. The van der Waals surface area contributed by atoms with Crippen LogP contribution in [0, 0.1) is 5.82 Å². The number of para-hydroxylation sites is 1. The summed E-state index contributed by atoms with van der Waals surface area (Å²) in [6.45, 7) is 0. The van der Waals surface area contributed by atoms with Crippen LogP contribution in [0.25, 0.3) is 0 Å². The van der Waals surface area contributed by atoms with Crippen LogP contribution in [0.4, 0.5) is 10.3 Å². The Kier molecular flexibility index (Phi) is 5.03. The number of nitrogens with zero attached hydrogens (tertiary/aromatic N) is 2. The first-order valence-electron chi connectivity index (χ1n) is 9.14. The van der Waals surface area contributed by atoms with E-state index >= 15 is 0 Å². The number of amides is 1. The number of carbonyl (C=O) groups excluding carboxylic acids is 2. The number of benzene rings is 2. The molecule has 1 aromatic heterocycles. The second kappa shape index (κ2) is 7.79. The monoisotopic (exact) mass is 391 g/mol. The van der Waals surface area contributed by atoms with Crippen LogP contribution in [0.3, 0.4) is 0 Å². The molecular formula is C22H18FN3O3. The lowest BCUT2D eigenvalue weighted by Gasteiger charge is -2.23. The van der Waals surface area contributed by atoms with Crippen molar-refractivity contribution < 1.29 is 18.7 Å². The molecule has 1 atom stereocenters. The molecule has 0 bridgehead atoms. The fourth-order valence-corrected chi connectivity index (χ4v) is 3.48. The summed E-state index contributed by atoms with van der Waals surface area (Å²) in [7, 11) is 1.49.